The molecule has 9 nitrogen and oxygen atoms in total. The number of rotatable bonds is 11. The number of nitrogens with zero attached hydrogens (tertiary/aromatic N) is 3. The summed E-state index contributed by atoms with van der Waals surface area (Å²) in [4.78, 5) is 33.6. The van der Waals surface area contributed by atoms with Crippen LogP contribution in [0.25, 0.3) is 11.1 Å². The lowest BCUT2D eigenvalue weighted by Crippen LogP contribution is -2.47. The van der Waals surface area contributed by atoms with E-state index in [1.807, 2.05) is 91.9 Å². The normalized spacial score (nSPS) is 14.4. The van der Waals surface area contributed by atoms with Gasteiger partial charge in [0.25, 0.3) is 5.91 Å². The number of benzene rings is 3. The summed E-state index contributed by atoms with van der Waals surface area (Å²) >= 11 is 0. The van der Waals surface area contributed by atoms with E-state index < -0.39 is 0 Å². The minimum absolute atomic E-state index is 0.0617. The zero-order valence-electron chi connectivity index (χ0n) is 24.9. The van der Waals surface area contributed by atoms with Crippen LogP contribution in [0.1, 0.15) is 27.4 Å². The summed E-state index contributed by atoms with van der Waals surface area (Å²) in [7, 11) is 0. The molecule has 44 heavy (non-hydrogen) atoms. The molecule has 0 radical (unpaired) electrons. The van der Waals surface area contributed by atoms with Crippen molar-refractivity contribution in [3.05, 3.63) is 108 Å². The standard InChI is InChI=1S/C35H37N3O6/c1-26-7-13-31(44-26)23-38(22-27-8-14-32-33(21-27)43-25-42-32)34(39)24-37(16-15-36-17-19-41-20-18-36)35(40)30-11-9-29(10-12-30)28-5-3-2-4-6-28/h2-14,21H,15-20,22-25H2,1H3. The average molecular weight is 596 g/mol. The monoisotopic (exact) mass is 595 g/mol. The van der Waals surface area contributed by atoms with Gasteiger partial charge in [-0.3, -0.25) is 14.5 Å². The van der Waals surface area contributed by atoms with Crippen LogP contribution in [0.15, 0.2) is 89.3 Å². The molecule has 9 heteroatoms. The number of ether oxygens (including phenoxy) is 3. The molecule has 0 spiro atoms. The predicted octanol–water partition coefficient (Wildman–Crippen LogP) is 4.99. The average Bonchev–Trinajstić information content (AvgIpc) is 3.71. The number of amides is 2. The number of hydrogen-bond donors (Lipinski definition) is 0. The molecule has 2 amide bonds. The Morgan fingerprint density at radius 2 is 1.55 bits per heavy atom. The minimum Gasteiger partial charge on any atom is -0.464 e. The van der Waals surface area contributed by atoms with Crippen molar-refractivity contribution in [1.82, 2.24) is 14.7 Å². The highest BCUT2D eigenvalue weighted by Crippen LogP contribution is 2.33. The molecule has 6 rings (SSSR count). The highest BCUT2D eigenvalue weighted by molar-refractivity contribution is 5.97. The second-order valence-electron chi connectivity index (χ2n) is 11.1. The number of aryl methyl sites for hydroxylation is 1. The second kappa shape index (κ2) is 13.8. The maximum absolute atomic E-state index is 14.0. The molecular formula is C35H37N3O6. The maximum Gasteiger partial charge on any atom is 0.254 e. The quantitative estimate of drug-likeness (QED) is 0.242. The van der Waals surface area contributed by atoms with E-state index in [-0.39, 0.29) is 31.7 Å². The first-order chi connectivity index (χ1) is 21.5. The molecule has 2 aliphatic rings. The van der Waals surface area contributed by atoms with Crippen LogP contribution in [-0.2, 0) is 22.6 Å². The van der Waals surface area contributed by atoms with Crippen molar-refractivity contribution in [3.8, 4) is 22.6 Å². The molecule has 1 aromatic heterocycles. The second-order valence-corrected chi connectivity index (χ2v) is 11.1. The molecule has 0 atom stereocenters. The Balaban J connectivity index is 1.22. The largest absolute Gasteiger partial charge is 0.464 e. The molecule has 3 heterocycles. The Hall–Kier alpha value is -4.60. The van der Waals surface area contributed by atoms with Gasteiger partial charge < -0.3 is 28.4 Å². The molecule has 0 unspecified atom stereocenters. The number of morpholine rings is 1. The van der Waals surface area contributed by atoms with Crippen LogP contribution in [0.4, 0.5) is 0 Å². The van der Waals surface area contributed by atoms with Crippen molar-refractivity contribution in [2.45, 2.75) is 20.0 Å². The first-order valence-corrected chi connectivity index (χ1v) is 15.0. The Morgan fingerprint density at radius 1 is 0.795 bits per heavy atom. The fourth-order valence-electron chi connectivity index (χ4n) is 5.47. The van der Waals surface area contributed by atoms with Crippen LogP contribution >= 0.6 is 0 Å². The number of carbonyl (C=O) groups is 2. The topological polar surface area (TPSA) is 84.7 Å². The van der Waals surface area contributed by atoms with Crippen LogP contribution in [0.3, 0.4) is 0 Å². The van der Waals surface area contributed by atoms with Gasteiger partial charge in [-0.1, -0.05) is 48.5 Å². The van der Waals surface area contributed by atoms with Gasteiger partial charge in [0.05, 0.1) is 19.8 Å². The molecule has 0 aliphatic carbocycles. The van der Waals surface area contributed by atoms with Crippen molar-refractivity contribution in [3.63, 3.8) is 0 Å². The molecule has 0 saturated carbocycles. The van der Waals surface area contributed by atoms with Gasteiger partial charge in [0, 0.05) is 38.3 Å². The van der Waals surface area contributed by atoms with E-state index in [4.69, 9.17) is 18.6 Å². The fourth-order valence-corrected chi connectivity index (χ4v) is 5.47. The number of furan rings is 1. The lowest BCUT2D eigenvalue weighted by molar-refractivity contribution is -0.133. The van der Waals surface area contributed by atoms with Gasteiger partial charge in [0.2, 0.25) is 12.7 Å². The predicted molar refractivity (Wildman–Crippen MR) is 165 cm³/mol. The van der Waals surface area contributed by atoms with Crippen molar-refractivity contribution in [2.24, 2.45) is 0 Å². The molecule has 0 bridgehead atoms. The van der Waals surface area contributed by atoms with Gasteiger partial charge >= 0.3 is 0 Å². The molecule has 3 aromatic carbocycles. The first kappa shape index (κ1) is 29.5. The van der Waals surface area contributed by atoms with Gasteiger partial charge in [-0.05, 0) is 60.0 Å². The molecular weight excluding hydrogens is 558 g/mol. The van der Waals surface area contributed by atoms with Gasteiger partial charge in [-0.15, -0.1) is 0 Å². The van der Waals surface area contributed by atoms with Crippen molar-refractivity contribution >= 4 is 11.8 Å². The zero-order valence-corrected chi connectivity index (χ0v) is 24.9. The first-order valence-electron chi connectivity index (χ1n) is 15.0. The van der Waals surface area contributed by atoms with Crippen LogP contribution < -0.4 is 9.47 Å². The third-order valence-electron chi connectivity index (χ3n) is 7.95. The van der Waals surface area contributed by atoms with Crippen molar-refractivity contribution in [1.29, 1.82) is 0 Å². The van der Waals surface area contributed by atoms with Crippen LogP contribution in [0.2, 0.25) is 0 Å². The smallest absolute Gasteiger partial charge is 0.254 e. The molecule has 4 aromatic rings. The van der Waals surface area contributed by atoms with Gasteiger partial charge in [-0.2, -0.15) is 0 Å². The molecule has 2 aliphatic heterocycles. The maximum atomic E-state index is 14.0. The summed E-state index contributed by atoms with van der Waals surface area (Å²) in [5, 5.41) is 0. The highest BCUT2D eigenvalue weighted by Gasteiger charge is 2.25. The summed E-state index contributed by atoms with van der Waals surface area (Å²) in [5.41, 5.74) is 3.55. The van der Waals surface area contributed by atoms with E-state index in [0.29, 0.717) is 55.7 Å². The van der Waals surface area contributed by atoms with E-state index in [1.165, 1.54) is 0 Å². The highest BCUT2D eigenvalue weighted by atomic mass is 16.7. The van der Waals surface area contributed by atoms with Gasteiger partial charge in [-0.25, -0.2) is 0 Å². The van der Waals surface area contributed by atoms with Crippen LogP contribution in [0.5, 0.6) is 11.5 Å². The molecule has 1 fully saturated rings. The zero-order chi connectivity index (χ0) is 30.3. The third-order valence-corrected chi connectivity index (χ3v) is 7.95. The van der Waals surface area contributed by atoms with Gasteiger partial charge in [0.1, 0.15) is 18.1 Å². The lowest BCUT2D eigenvalue weighted by atomic mass is 10.0. The summed E-state index contributed by atoms with van der Waals surface area (Å²) in [6.07, 6.45) is 0. The van der Waals surface area contributed by atoms with Crippen molar-refractivity contribution < 1.29 is 28.2 Å². The Morgan fingerprint density at radius 3 is 2.30 bits per heavy atom. The van der Waals surface area contributed by atoms with Crippen molar-refractivity contribution in [2.75, 3.05) is 52.7 Å². The van der Waals surface area contributed by atoms with E-state index >= 15 is 0 Å². The molecule has 228 valence electrons. The van der Waals surface area contributed by atoms with Gasteiger partial charge in [0.15, 0.2) is 11.5 Å². The Bertz CT molecular complexity index is 1560. The van der Waals surface area contributed by atoms with E-state index in [2.05, 4.69) is 4.90 Å². The summed E-state index contributed by atoms with van der Waals surface area (Å²) in [5.74, 6) is 2.45. The van der Waals surface area contributed by atoms with Crippen LogP contribution in [-0.4, -0.2) is 79.2 Å². The molecule has 0 N–H and O–H groups in total. The SMILES string of the molecule is Cc1ccc(CN(Cc2ccc3c(c2)OCO3)C(=O)CN(CCN2CCOCC2)C(=O)c2ccc(-c3ccccc3)cc2)o1. The van der Waals surface area contributed by atoms with E-state index in [1.54, 1.807) is 9.80 Å². The Labute approximate surface area is 257 Å². The van der Waals surface area contributed by atoms with E-state index in [9.17, 15) is 9.59 Å². The summed E-state index contributed by atoms with van der Waals surface area (Å²) < 4.78 is 22.4. The summed E-state index contributed by atoms with van der Waals surface area (Å²) in [6, 6.07) is 27.1. The Kier molecular flexibility index (Phi) is 9.24. The number of hydrogen-bond acceptors (Lipinski definition) is 7. The van der Waals surface area contributed by atoms with Crippen LogP contribution in [0, 0.1) is 6.92 Å². The third kappa shape index (κ3) is 7.30. The molecule has 1 saturated heterocycles. The summed E-state index contributed by atoms with van der Waals surface area (Å²) in [6.45, 7) is 6.61. The fraction of sp³-hybridized carbons (Fsp3) is 0.314. The van der Waals surface area contributed by atoms with E-state index in [0.717, 1.165) is 35.5 Å². The number of carbonyl (C=O) groups excluding carboxylic acids is 2. The number of fused-ring (bicyclic) bond motifs is 1. The minimum atomic E-state index is -0.178. The lowest BCUT2D eigenvalue weighted by Gasteiger charge is -2.31.